The summed E-state index contributed by atoms with van der Waals surface area (Å²) in [4.78, 5) is 31.6. The molecule has 5 nitrogen and oxygen atoms in total. The number of hydrogen-bond donors (Lipinski definition) is 0. The molecule has 1 aromatic carbocycles. The van der Waals surface area contributed by atoms with Crippen molar-refractivity contribution in [3.63, 3.8) is 0 Å². The van der Waals surface area contributed by atoms with Gasteiger partial charge in [-0.05, 0) is 29.4 Å². The number of carbonyl (C=O) groups excluding carboxylic acids is 2. The molecule has 2 atom stereocenters. The van der Waals surface area contributed by atoms with Crippen molar-refractivity contribution in [2.24, 2.45) is 5.92 Å². The topological polar surface area (TPSA) is 43.9 Å². The van der Waals surface area contributed by atoms with Gasteiger partial charge in [-0.25, -0.2) is 0 Å². The smallest absolute Gasteiger partial charge is 0.236 e. The van der Waals surface area contributed by atoms with Gasteiger partial charge >= 0.3 is 0 Å². The zero-order chi connectivity index (χ0) is 22.8. The van der Waals surface area contributed by atoms with Gasteiger partial charge in [0.1, 0.15) is 5.37 Å². The minimum atomic E-state index is -0.00204. The lowest BCUT2D eigenvalue weighted by Crippen LogP contribution is -2.50. The SMILES string of the molecule is CC(C)CC(=O)N1CCN(CCN2C(=O)[C@H](C)S[C@@H]2c2ccc(C(C)(C)C)cc2)CC1. The van der Waals surface area contributed by atoms with Crippen LogP contribution in [0.4, 0.5) is 0 Å². The van der Waals surface area contributed by atoms with Gasteiger partial charge in [-0.2, -0.15) is 0 Å². The Labute approximate surface area is 192 Å². The van der Waals surface area contributed by atoms with E-state index in [9.17, 15) is 9.59 Å². The van der Waals surface area contributed by atoms with E-state index in [1.54, 1.807) is 11.8 Å². The van der Waals surface area contributed by atoms with Crippen LogP contribution >= 0.6 is 11.8 Å². The van der Waals surface area contributed by atoms with Gasteiger partial charge in [-0.1, -0.05) is 58.9 Å². The average Bonchev–Trinajstić information content (AvgIpc) is 3.00. The van der Waals surface area contributed by atoms with Crippen LogP contribution in [0.1, 0.15) is 64.5 Å². The Kier molecular flexibility index (Phi) is 7.74. The van der Waals surface area contributed by atoms with Crippen molar-refractivity contribution in [1.82, 2.24) is 14.7 Å². The third kappa shape index (κ3) is 6.04. The number of rotatable bonds is 6. The highest BCUT2D eigenvalue weighted by molar-refractivity contribution is 8.01. The minimum Gasteiger partial charge on any atom is -0.340 e. The number of piperazine rings is 1. The van der Waals surface area contributed by atoms with Crippen LogP contribution in [-0.4, -0.2) is 71.0 Å². The predicted molar refractivity (Wildman–Crippen MR) is 129 cm³/mol. The van der Waals surface area contributed by atoms with Gasteiger partial charge in [0.05, 0.1) is 5.25 Å². The number of hydrogen-bond acceptors (Lipinski definition) is 4. The number of nitrogens with zero attached hydrogens (tertiary/aromatic N) is 3. The molecular weight excluding hydrogens is 406 g/mol. The fourth-order valence-electron chi connectivity index (χ4n) is 4.26. The minimum absolute atomic E-state index is 0.00204. The first-order valence-corrected chi connectivity index (χ1v) is 12.6. The molecular formula is C25H39N3O2S. The zero-order valence-electron chi connectivity index (χ0n) is 20.1. The molecule has 6 heteroatoms. The van der Waals surface area contributed by atoms with E-state index in [4.69, 9.17) is 0 Å². The fraction of sp³-hybridized carbons (Fsp3) is 0.680. The van der Waals surface area contributed by atoms with Gasteiger partial charge in [0, 0.05) is 45.7 Å². The van der Waals surface area contributed by atoms with E-state index in [1.165, 1.54) is 11.1 Å². The summed E-state index contributed by atoms with van der Waals surface area (Å²) in [6, 6.07) is 8.79. The highest BCUT2D eigenvalue weighted by Crippen LogP contribution is 2.43. The molecule has 0 N–H and O–H groups in total. The Bertz CT molecular complexity index is 764. The summed E-state index contributed by atoms with van der Waals surface area (Å²) in [5.74, 6) is 0.912. The van der Waals surface area contributed by atoms with Crippen molar-refractivity contribution >= 4 is 23.6 Å². The maximum atomic E-state index is 12.9. The second-order valence-corrected chi connectivity index (χ2v) is 11.8. The molecule has 0 radical (unpaired) electrons. The molecule has 0 aromatic heterocycles. The van der Waals surface area contributed by atoms with E-state index in [-0.39, 0.29) is 27.9 Å². The third-order valence-corrected chi connectivity index (χ3v) is 7.67. The van der Waals surface area contributed by atoms with Crippen molar-refractivity contribution in [3.8, 4) is 0 Å². The predicted octanol–water partition coefficient (Wildman–Crippen LogP) is 4.14. The van der Waals surface area contributed by atoms with E-state index < -0.39 is 0 Å². The molecule has 3 rings (SSSR count). The number of thioether (sulfide) groups is 1. The largest absolute Gasteiger partial charge is 0.340 e. The van der Waals surface area contributed by atoms with E-state index >= 15 is 0 Å². The standard InChI is InChI=1S/C25H39N3O2S/c1-18(2)17-22(29)27-14-11-26(12-15-27)13-16-28-23(30)19(3)31-24(28)20-7-9-21(10-8-20)25(4,5)6/h7-10,18-19,24H,11-17H2,1-6H3/t19-,24+/m0/s1. The molecule has 2 heterocycles. The van der Waals surface area contributed by atoms with Crippen LogP contribution in [0.25, 0.3) is 0 Å². The van der Waals surface area contributed by atoms with Gasteiger partial charge in [-0.15, -0.1) is 11.8 Å². The molecule has 0 unspecified atom stereocenters. The molecule has 2 amide bonds. The number of carbonyl (C=O) groups is 2. The van der Waals surface area contributed by atoms with E-state index in [0.717, 1.165) is 39.3 Å². The fourth-order valence-corrected chi connectivity index (χ4v) is 5.57. The normalized spacial score (nSPS) is 23.1. The molecule has 2 aliphatic rings. The van der Waals surface area contributed by atoms with Crippen LogP contribution in [0.2, 0.25) is 0 Å². The molecule has 2 fully saturated rings. The van der Waals surface area contributed by atoms with Gasteiger partial charge in [0.25, 0.3) is 0 Å². The van der Waals surface area contributed by atoms with Crippen LogP contribution in [0.5, 0.6) is 0 Å². The van der Waals surface area contributed by atoms with Gasteiger partial charge in [0.15, 0.2) is 0 Å². The first kappa shape index (κ1) is 24.1. The van der Waals surface area contributed by atoms with Crippen molar-refractivity contribution in [3.05, 3.63) is 35.4 Å². The van der Waals surface area contributed by atoms with Crippen molar-refractivity contribution < 1.29 is 9.59 Å². The summed E-state index contributed by atoms with van der Waals surface area (Å²) in [6.45, 7) is 17.8. The van der Waals surface area contributed by atoms with E-state index in [2.05, 4.69) is 68.7 Å². The lowest BCUT2D eigenvalue weighted by Gasteiger charge is -2.36. The zero-order valence-corrected chi connectivity index (χ0v) is 20.9. The Morgan fingerprint density at radius 2 is 1.68 bits per heavy atom. The second kappa shape index (κ2) is 9.95. The molecule has 0 bridgehead atoms. The molecule has 1 aromatic rings. The summed E-state index contributed by atoms with van der Waals surface area (Å²) >= 11 is 1.75. The molecule has 31 heavy (non-hydrogen) atoms. The average molecular weight is 446 g/mol. The Morgan fingerprint density at radius 3 is 2.23 bits per heavy atom. The van der Waals surface area contributed by atoms with Crippen LogP contribution in [0.15, 0.2) is 24.3 Å². The van der Waals surface area contributed by atoms with Crippen LogP contribution in [0, 0.1) is 5.92 Å². The van der Waals surface area contributed by atoms with Crippen LogP contribution in [-0.2, 0) is 15.0 Å². The third-order valence-electron chi connectivity index (χ3n) is 6.27. The first-order chi connectivity index (χ1) is 14.6. The summed E-state index contributed by atoms with van der Waals surface area (Å²) in [7, 11) is 0. The molecule has 2 aliphatic heterocycles. The summed E-state index contributed by atoms with van der Waals surface area (Å²) in [5, 5.41) is 0.0863. The van der Waals surface area contributed by atoms with Crippen molar-refractivity contribution in [2.75, 3.05) is 39.3 Å². The highest BCUT2D eigenvalue weighted by Gasteiger charge is 2.38. The second-order valence-electron chi connectivity index (χ2n) is 10.4. The van der Waals surface area contributed by atoms with Gasteiger partial charge in [-0.3, -0.25) is 14.5 Å². The summed E-state index contributed by atoms with van der Waals surface area (Å²) < 4.78 is 0. The van der Waals surface area contributed by atoms with Crippen LogP contribution < -0.4 is 0 Å². The lowest BCUT2D eigenvalue weighted by molar-refractivity contribution is -0.133. The van der Waals surface area contributed by atoms with E-state index in [1.807, 2.05) is 11.8 Å². The maximum absolute atomic E-state index is 12.9. The van der Waals surface area contributed by atoms with Crippen molar-refractivity contribution in [2.45, 2.75) is 64.0 Å². The maximum Gasteiger partial charge on any atom is 0.236 e. The molecule has 0 saturated carbocycles. The lowest BCUT2D eigenvalue weighted by atomic mass is 9.86. The Hall–Kier alpha value is -1.53. The Morgan fingerprint density at radius 1 is 1.06 bits per heavy atom. The van der Waals surface area contributed by atoms with Gasteiger partial charge < -0.3 is 9.80 Å². The highest BCUT2D eigenvalue weighted by atomic mass is 32.2. The number of amides is 2. The molecule has 0 spiro atoms. The monoisotopic (exact) mass is 445 g/mol. The summed E-state index contributed by atoms with van der Waals surface area (Å²) in [5.41, 5.74) is 2.65. The van der Waals surface area contributed by atoms with E-state index in [0.29, 0.717) is 12.3 Å². The quantitative estimate of drug-likeness (QED) is 0.660. The summed E-state index contributed by atoms with van der Waals surface area (Å²) in [6.07, 6.45) is 0.632. The molecule has 2 saturated heterocycles. The Balaban J connectivity index is 1.57. The molecule has 172 valence electrons. The number of benzene rings is 1. The van der Waals surface area contributed by atoms with Crippen molar-refractivity contribution in [1.29, 1.82) is 0 Å². The first-order valence-electron chi connectivity index (χ1n) is 11.6. The van der Waals surface area contributed by atoms with Gasteiger partial charge in [0.2, 0.25) is 11.8 Å². The van der Waals surface area contributed by atoms with Crippen LogP contribution in [0.3, 0.4) is 0 Å². The molecule has 0 aliphatic carbocycles.